The van der Waals surface area contributed by atoms with Crippen molar-refractivity contribution in [2.45, 2.75) is 38.3 Å². The lowest BCUT2D eigenvalue weighted by atomic mass is 10.0. The number of hydrogen-bond acceptors (Lipinski definition) is 4. The number of rotatable bonds is 3. The van der Waals surface area contributed by atoms with Gasteiger partial charge in [-0.15, -0.1) is 11.3 Å². The third-order valence-corrected chi connectivity index (χ3v) is 5.33. The Kier molecular flexibility index (Phi) is 5.27. The fourth-order valence-electron chi connectivity index (χ4n) is 3.26. The largest absolute Gasteiger partial charge is 0.340 e. The highest BCUT2D eigenvalue weighted by Crippen LogP contribution is 2.15. The number of hydrogen-bond donors (Lipinski definition) is 1. The Balaban J connectivity index is 1.51. The molecule has 0 aromatic carbocycles. The molecule has 2 saturated heterocycles. The molecular formula is C16H25N3OS. The third kappa shape index (κ3) is 4.05. The molecule has 5 heteroatoms. The molecule has 1 amide bonds. The minimum absolute atomic E-state index is 0.0718. The molecule has 3 heterocycles. The molecule has 0 spiro atoms. The average molecular weight is 307 g/mol. The van der Waals surface area contributed by atoms with Gasteiger partial charge in [0, 0.05) is 37.6 Å². The van der Waals surface area contributed by atoms with Crippen LogP contribution in [0.4, 0.5) is 0 Å². The molecule has 0 aliphatic carbocycles. The molecule has 2 fully saturated rings. The van der Waals surface area contributed by atoms with Gasteiger partial charge >= 0.3 is 0 Å². The standard InChI is InChI=1S/C16H25N3OS/c20-16(15-6-1-2-7-17-15)19-9-4-8-18(10-11-19)13-14-5-3-12-21-14/h3,5,12,15,17H,1-2,4,6-11,13H2/t15-/m0/s1. The van der Waals surface area contributed by atoms with Gasteiger partial charge in [-0.3, -0.25) is 9.69 Å². The zero-order valence-electron chi connectivity index (χ0n) is 12.6. The highest BCUT2D eigenvalue weighted by atomic mass is 32.1. The average Bonchev–Trinajstić information content (AvgIpc) is 2.92. The highest BCUT2D eigenvalue weighted by Gasteiger charge is 2.27. The van der Waals surface area contributed by atoms with Crippen molar-refractivity contribution in [3.05, 3.63) is 22.4 Å². The van der Waals surface area contributed by atoms with Crippen LogP contribution in [0.1, 0.15) is 30.6 Å². The molecule has 116 valence electrons. The monoisotopic (exact) mass is 307 g/mol. The van der Waals surface area contributed by atoms with E-state index in [0.29, 0.717) is 5.91 Å². The molecule has 0 saturated carbocycles. The lowest BCUT2D eigenvalue weighted by Crippen LogP contribution is -2.49. The van der Waals surface area contributed by atoms with Gasteiger partial charge in [-0.1, -0.05) is 12.5 Å². The topological polar surface area (TPSA) is 35.6 Å². The van der Waals surface area contributed by atoms with E-state index in [1.54, 1.807) is 0 Å². The van der Waals surface area contributed by atoms with Gasteiger partial charge in [0.15, 0.2) is 0 Å². The zero-order chi connectivity index (χ0) is 14.5. The van der Waals surface area contributed by atoms with Crippen molar-refractivity contribution in [2.24, 2.45) is 0 Å². The van der Waals surface area contributed by atoms with E-state index < -0.39 is 0 Å². The van der Waals surface area contributed by atoms with Crippen molar-refractivity contribution < 1.29 is 4.79 Å². The van der Waals surface area contributed by atoms with Crippen molar-refractivity contribution in [1.82, 2.24) is 15.1 Å². The molecular weight excluding hydrogens is 282 g/mol. The van der Waals surface area contributed by atoms with Gasteiger partial charge in [0.05, 0.1) is 6.04 Å². The molecule has 3 rings (SSSR count). The van der Waals surface area contributed by atoms with Gasteiger partial charge in [-0.25, -0.2) is 0 Å². The molecule has 0 radical (unpaired) electrons. The molecule has 1 aromatic rings. The van der Waals surface area contributed by atoms with E-state index in [0.717, 1.165) is 52.1 Å². The first-order chi connectivity index (χ1) is 10.3. The smallest absolute Gasteiger partial charge is 0.239 e. The minimum Gasteiger partial charge on any atom is -0.340 e. The zero-order valence-corrected chi connectivity index (χ0v) is 13.4. The van der Waals surface area contributed by atoms with E-state index in [9.17, 15) is 4.79 Å². The SMILES string of the molecule is O=C([C@@H]1CCCCN1)N1CCCN(Cc2cccs2)CC1. The first-order valence-corrected chi connectivity index (χ1v) is 8.98. The summed E-state index contributed by atoms with van der Waals surface area (Å²) in [5.74, 6) is 0.327. The van der Waals surface area contributed by atoms with E-state index in [4.69, 9.17) is 0 Å². The van der Waals surface area contributed by atoms with E-state index in [1.165, 1.54) is 17.7 Å². The Labute approximate surface area is 131 Å². The van der Waals surface area contributed by atoms with Crippen LogP contribution in [-0.4, -0.2) is 54.5 Å². The number of piperidine rings is 1. The summed E-state index contributed by atoms with van der Waals surface area (Å²) in [5.41, 5.74) is 0. The quantitative estimate of drug-likeness (QED) is 0.927. The van der Waals surface area contributed by atoms with Gasteiger partial charge in [0.1, 0.15) is 0 Å². The van der Waals surface area contributed by atoms with E-state index in [-0.39, 0.29) is 6.04 Å². The van der Waals surface area contributed by atoms with Crippen molar-refractivity contribution in [3.8, 4) is 0 Å². The van der Waals surface area contributed by atoms with Crippen LogP contribution in [-0.2, 0) is 11.3 Å². The highest BCUT2D eigenvalue weighted by molar-refractivity contribution is 7.09. The van der Waals surface area contributed by atoms with Gasteiger partial charge in [0.2, 0.25) is 5.91 Å². The molecule has 4 nitrogen and oxygen atoms in total. The molecule has 0 bridgehead atoms. The Morgan fingerprint density at radius 3 is 2.95 bits per heavy atom. The summed E-state index contributed by atoms with van der Waals surface area (Å²) in [4.78, 5) is 18.6. The second-order valence-corrected chi connectivity index (χ2v) is 7.07. The van der Waals surface area contributed by atoms with Crippen LogP contribution in [0.2, 0.25) is 0 Å². The van der Waals surface area contributed by atoms with Crippen LogP contribution in [0, 0.1) is 0 Å². The number of nitrogens with one attached hydrogen (secondary N) is 1. The Morgan fingerprint density at radius 2 is 2.19 bits per heavy atom. The number of carbonyl (C=O) groups excluding carboxylic acids is 1. The number of carbonyl (C=O) groups is 1. The number of thiophene rings is 1. The van der Waals surface area contributed by atoms with Crippen molar-refractivity contribution in [2.75, 3.05) is 32.7 Å². The predicted octanol–water partition coefficient (Wildman–Crippen LogP) is 1.92. The second-order valence-electron chi connectivity index (χ2n) is 6.04. The first-order valence-electron chi connectivity index (χ1n) is 8.10. The molecule has 21 heavy (non-hydrogen) atoms. The fraction of sp³-hybridized carbons (Fsp3) is 0.688. The summed E-state index contributed by atoms with van der Waals surface area (Å²) in [6, 6.07) is 4.38. The molecule has 2 aliphatic rings. The van der Waals surface area contributed by atoms with E-state index >= 15 is 0 Å². The second kappa shape index (κ2) is 7.38. The summed E-state index contributed by atoms with van der Waals surface area (Å²) in [5, 5.41) is 5.52. The maximum absolute atomic E-state index is 12.6. The van der Waals surface area contributed by atoms with Crippen molar-refractivity contribution in [3.63, 3.8) is 0 Å². The Hall–Kier alpha value is -0.910. The summed E-state index contributed by atoms with van der Waals surface area (Å²) in [6.45, 7) is 5.91. The maximum Gasteiger partial charge on any atom is 0.239 e. The Morgan fingerprint density at radius 1 is 1.24 bits per heavy atom. The maximum atomic E-state index is 12.6. The number of nitrogens with zero attached hydrogens (tertiary/aromatic N) is 2. The normalized spacial score (nSPS) is 24.8. The predicted molar refractivity (Wildman–Crippen MR) is 86.4 cm³/mol. The molecule has 2 aliphatic heterocycles. The minimum atomic E-state index is 0.0718. The Bertz CT molecular complexity index is 442. The van der Waals surface area contributed by atoms with Crippen LogP contribution in [0.5, 0.6) is 0 Å². The summed E-state index contributed by atoms with van der Waals surface area (Å²) in [6.07, 6.45) is 4.48. The molecule has 1 N–H and O–H groups in total. The molecule has 0 unspecified atom stereocenters. The first kappa shape index (κ1) is 15.0. The van der Waals surface area contributed by atoms with Crippen molar-refractivity contribution >= 4 is 17.2 Å². The third-order valence-electron chi connectivity index (χ3n) is 4.47. The van der Waals surface area contributed by atoms with Crippen LogP contribution < -0.4 is 5.32 Å². The molecule has 1 atom stereocenters. The van der Waals surface area contributed by atoms with E-state index in [1.807, 2.05) is 11.3 Å². The van der Waals surface area contributed by atoms with E-state index in [2.05, 4.69) is 32.6 Å². The summed E-state index contributed by atoms with van der Waals surface area (Å²) in [7, 11) is 0. The van der Waals surface area contributed by atoms with Crippen LogP contribution in [0.25, 0.3) is 0 Å². The van der Waals surface area contributed by atoms with Crippen LogP contribution >= 0.6 is 11.3 Å². The summed E-state index contributed by atoms with van der Waals surface area (Å²) >= 11 is 1.82. The van der Waals surface area contributed by atoms with Gasteiger partial charge in [-0.2, -0.15) is 0 Å². The molecule has 1 aromatic heterocycles. The van der Waals surface area contributed by atoms with Gasteiger partial charge in [-0.05, 0) is 37.3 Å². The van der Waals surface area contributed by atoms with Crippen LogP contribution in [0.3, 0.4) is 0 Å². The van der Waals surface area contributed by atoms with Crippen LogP contribution in [0.15, 0.2) is 17.5 Å². The summed E-state index contributed by atoms with van der Waals surface area (Å²) < 4.78 is 0. The van der Waals surface area contributed by atoms with Gasteiger partial charge < -0.3 is 10.2 Å². The van der Waals surface area contributed by atoms with Crippen molar-refractivity contribution in [1.29, 1.82) is 0 Å². The lowest BCUT2D eigenvalue weighted by Gasteiger charge is -2.29. The lowest BCUT2D eigenvalue weighted by molar-refractivity contribution is -0.133. The number of amides is 1. The van der Waals surface area contributed by atoms with Gasteiger partial charge in [0.25, 0.3) is 0 Å². The fourth-order valence-corrected chi connectivity index (χ4v) is 4.00.